The van der Waals surface area contributed by atoms with Crippen LogP contribution in [0.5, 0.6) is 0 Å². The van der Waals surface area contributed by atoms with Crippen LogP contribution in [0.25, 0.3) is 0 Å². The summed E-state index contributed by atoms with van der Waals surface area (Å²) in [6, 6.07) is -0.555. The van der Waals surface area contributed by atoms with E-state index < -0.39 is 6.04 Å². The van der Waals surface area contributed by atoms with Crippen molar-refractivity contribution in [1.29, 1.82) is 0 Å². The first kappa shape index (κ1) is 15.3. The molecule has 0 spiro atoms. The van der Waals surface area contributed by atoms with Crippen LogP contribution in [0.15, 0.2) is 33.3 Å². The van der Waals surface area contributed by atoms with Crippen molar-refractivity contribution in [2.24, 2.45) is 9.98 Å². The number of thiazole rings is 1. The lowest BCUT2D eigenvalue weighted by Crippen LogP contribution is -2.20. The Balaban J connectivity index is 2.89. The third-order valence-corrected chi connectivity index (χ3v) is 3.11. The first-order chi connectivity index (χ1) is 9.22. The molecule has 1 aromatic heterocycles. The van der Waals surface area contributed by atoms with E-state index in [1.807, 2.05) is 19.9 Å². The van der Waals surface area contributed by atoms with E-state index in [9.17, 15) is 4.79 Å². The first-order valence-electron chi connectivity index (χ1n) is 5.85. The molecule has 0 saturated carbocycles. The molecule has 0 amide bonds. The first-order valence-corrected chi connectivity index (χ1v) is 6.72. The Kier molecular flexibility index (Phi) is 6.74. The molecular formula is C12H16BN3O2S. The predicted molar refractivity (Wildman–Crippen MR) is 80.9 cm³/mol. The molecule has 1 aromatic rings. The molecule has 0 radical (unpaired) electrons. The second-order valence-corrected chi connectivity index (χ2v) is 4.47. The molecule has 100 valence electrons. The van der Waals surface area contributed by atoms with Gasteiger partial charge in [0.15, 0.2) is 11.4 Å². The smallest absolute Gasteiger partial charge is 0.323 e. The second-order valence-electron chi connectivity index (χ2n) is 3.58. The van der Waals surface area contributed by atoms with E-state index in [4.69, 9.17) is 4.65 Å². The number of ketones is 1. The van der Waals surface area contributed by atoms with Gasteiger partial charge in [-0.15, -0.1) is 11.3 Å². The van der Waals surface area contributed by atoms with Crippen LogP contribution in [-0.4, -0.2) is 37.5 Å². The molecule has 0 N–H and O–H groups in total. The number of hydrogen-bond donors (Lipinski definition) is 0. The van der Waals surface area contributed by atoms with E-state index in [1.54, 1.807) is 17.8 Å². The standard InChI is InChI=1S/C12H16BN3O2S/c1-3-9(14-4-2)7-10(16-8-18-13)11(17)12-15-5-6-19-12/h3-6,8,10H,7,13H2,1-2H3/b9-3-,14-4-,16-8?. The van der Waals surface area contributed by atoms with Crippen molar-refractivity contribution < 1.29 is 9.45 Å². The summed E-state index contributed by atoms with van der Waals surface area (Å²) in [4.78, 5) is 24.6. The Labute approximate surface area is 117 Å². The lowest BCUT2D eigenvalue weighted by Gasteiger charge is -2.09. The Morgan fingerprint density at radius 3 is 2.95 bits per heavy atom. The zero-order valence-corrected chi connectivity index (χ0v) is 12.1. The van der Waals surface area contributed by atoms with E-state index in [1.165, 1.54) is 25.8 Å². The summed E-state index contributed by atoms with van der Waals surface area (Å²) in [6.45, 7) is 3.72. The highest BCUT2D eigenvalue weighted by Crippen LogP contribution is 2.16. The molecule has 5 nitrogen and oxygen atoms in total. The van der Waals surface area contributed by atoms with Crippen LogP contribution in [0, 0.1) is 0 Å². The Bertz CT molecular complexity index is 483. The lowest BCUT2D eigenvalue weighted by molar-refractivity contribution is 0.0961. The maximum absolute atomic E-state index is 12.3. The van der Waals surface area contributed by atoms with Gasteiger partial charge in [0.2, 0.25) is 5.78 Å². The number of carbonyl (C=O) groups excluding carboxylic acids is 1. The monoisotopic (exact) mass is 277 g/mol. The number of carbonyl (C=O) groups is 1. The topological polar surface area (TPSA) is 63.9 Å². The zero-order chi connectivity index (χ0) is 14.1. The number of hydrogen-bond acceptors (Lipinski definition) is 6. The summed E-state index contributed by atoms with van der Waals surface area (Å²) in [7, 11) is 1.50. The van der Waals surface area contributed by atoms with Gasteiger partial charge in [0.1, 0.15) is 6.04 Å². The van der Waals surface area contributed by atoms with Crippen LogP contribution >= 0.6 is 11.3 Å². The van der Waals surface area contributed by atoms with Gasteiger partial charge in [-0.3, -0.25) is 9.79 Å². The molecule has 19 heavy (non-hydrogen) atoms. The normalized spacial score (nSPS) is 14.1. The van der Waals surface area contributed by atoms with Crippen molar-refractivity contribution in [3.8, 4) is 0 Å². The second kappa shape index (κ2) is 8.36. The quantitative estimate of drug-likeness (QED) is 0.329. The highest BCUT2D eigenvalue weighted by atomic mass is 32.1. The molecule has 0 saturated heterocycles. The SMILES string of the molecule is BOC=NC(CC(=C/C)/N=C\C)C(=O)c1nccs1. The minimum absolute atomic E-state index is 0.117. The van der Waals surface area contributed by atoms with Gasteiger partial charge < -0.3 is 4.65 Å². The predicted octanol–water partition coefficient (Wildman–Crippen LogP) is 1.67. The van der Waals surface area contributed by atoms with E-state index >= 15 is 0 Å². The third-order valence-electron chi connectivity index (χ3n) is 2.32. The fourth-order valence-electron chi connectivity index (χ4n) is 1.44. The van der Waals surface area contributed by atoms with Crippen LogP contribution in [-0.2, 0) is 4.65 Å². The number of aliphatic imine (C=N–C) groups is 2. The molecule has 1 unspecified atom stereocenters. The molecule has 0 aliphatic carbocycles. The van der Waals surface area contributed by atoms with Crippen molar-refractivity contribution in [3.63, 3.8) is 0 Å². The number of nitrogens with zero attached hydrogens (tertiary/aromatic N) is 3. The van der Waals surface area contributed by atoms with E-state index in [2.05, 4.69) is 15.0 Å². The molecule has 0 aromatic carbocycles. The van der Waals surface area contributed by atoms with Crippen LogP contribution in [0.2, 0.25) is 0 Å². The molecule has 1 atom stereocenters. The maximum Gasteiger partial charge on any atom is 0.323 e. The van der Waals surface area contributed by atoms with Gasteiger partial charge in [0.05, 0.1) is 0 Å². The Morgan fingerprint density at radius 2 is 2.42 bits per heavy atom. The van der Waals surface area contributed by atoms with Crippen LogP contribution in [0.4, 0.5) is 0 Å². The summed E-state index contributed by atoms with van der Waals surface area (Å²) in [5.41, 5.74) is 0.811. The fraction of sp³-hybridized carbons (Fsp3) is 0.333. The van der Waals surface area contributed by atoms with Crippen LogP contribution in [0.3, 0.4) is 0 Å². The number of rotatable bonds is 7. The van der Waals surface area contributed by atoms with Crippen molar-refractivity contribution in [2.75, 3.05) is 0 Å². The molecule has 0 fully saturated rings. The van der Waals surface area contributed by atoms with Gasteiger partial charge in [0, 0.05) is 29.9 Å². The molecule has 0 bridgehead atoms. The van der Waals surface area contributed by atoms with Crippen LogP contribution < -0.4 is 0 Å². The molecule has 0 aliphatic heterocycles. The number of aromatic nitrogens is 1. The molecule has 1 heterocycles. The fourth-order valence-corrected chi connectivity index (χ4v) is 2.07. The molecular weight excluding hydrogens is 261 g/mol. The minimum atomic E-state index is -0.555. The van der Waals surface area contributed by atoms with Gasteiger partial charge in [-0.2, -0.15) is 0 Å². The Morgan fingerprint density at radius 1 is 1.63 bits per heavy atom. The van der Waals surface area contributed by atoms with Gasteiger partial charge >= 0.3 is 8.05 Å². The van der Waals surface area contributed by atoms with Crippen LogP contribution in [0.1, 0.15) is 30.1 Å². The van der Waals surface area contributed by atoms with Gasteiger partial charge in [-0.05, 0) is 13.8 Å². The zero-order valence-electron chi connectivity index (χ0n) is 11.2. The van der Waals surface area contributed by atoms with Crippen molar-refractivity contribution in [1.82, 2.24) is 4.98 Å². The molecule has 1 rings (SSSR count). The summed E-state index contributed by atoms with van der Waals surface area (Å²) in [6.07, 6.45) is 6.87. The summed E-state index contributed by atoms with van der Waals surface area (Å²) in [5.74, 6) is -0.117. The molecule has 0 aliphatic rings. The Hall–Kier alpha value is -1.76. The molecule has 7 heteroatoms. The van der Waals surface area contributed by atoms with E-state index in [-0.39, 0.29) is 5.78 Å². The summed E-state index contributed by atoms with van der Waals surface area (Å²) < 4.78 is 4.80. The maximum atomic E-state index is 12.3. The lowest BCUT2D eigenvalue weighted by atomic mass is 10.1. The van der Waals surface area contributed by atoms with E-state index in [0.29, 0.717) is 11.4 Å². The largest absolute Gasteiger partial charge is 0.560 e. The third kappa shape index (κ3) is 4.79. The average molecular weight is 277 g/mol. The highest BCUT2D eigenvalue weighted by Gasteiger charge is 2.22. The number of allylic oxidation sites excluding steroid dienone is 1. The average Bonchev–Trinajstić information content (AvgIpc) is 2.95. The highest BCUT2D eigenvalue weighted by molar-refractivity contribution is 7.11. The van der Waals surface area contributed by atoms with Gasteiger partial charge in [-0.25, -0.2) is 9.98 Å². The van der Waals surface area contributed by atoms with Crippen molar-refractivity contribution in [2.45, 2.75) is 26.3 Å². The van der Waals surface area contributed by atoms with E-state index in [0.717, 1.165) is 5.70 Å². The van der Waals surface area contributed by atoms with Gasteiger partial charge in [0.25, 0.3) is 0 Å². The van der Waals surface area contributed by atoms with Gasteiger partial charge in [-0.1, -0.05) is 6.08 Å². The summed E-state index contributed by atoms with van der Waals surface area (Å²) >= 11 is 1.31. The van der Waals surface area contributed by atoms with Crippen molar-refractivity contribution >= 4 is 37.8 Å². The van der Waals surface area contributed by atoms with Crippen molar-refractivity contribution in [3.05, 3.63) is 28.4 Å². The summed E-state index contributed by atoms with van der Waals surface area (Å²) in [5, 5.41) is 2.22. The minimum Gasteiger partial charge on any atom is -0.560 e. The number of Topliss-reactive ketones (excluding diaryl/α,β-unsaturated/α-hetero) is 1.